The molecule has 32 heavy (non-hydrogen) atoms. The summed E-state index contributed by atoms with van der Waals surface area (Å²) < 4.78 is 0. The van der Waals surface area contributed by atoms with E-state index in [0.29, 0.717) is 33.1 Å². The molecule has 11 heteroatoms. The lowest BCUT2D eigenvalue weighted by atomic mass is 10.2. The highest BCUT2D eigenvalue weighted by Crippen LogP contribution is 2.27. The van der Waals surface area contributed by atoms with Gasteiger partial charge in [0.1, 0.15) is 17.0 Å². The van der Waals surface area contributed by atoms with Crippen LogP contribution in [-0.2, 0) is 13.0 Å². The molecule has 0 unspecified atom stereocenters. The molecule has 3 heterocycles. The summed E-state index contributed by atoms with van der Waals surface area (Å²) in [4.78, 5) is 33.0. The Bertz CT molecular complexity index is 1170. The first-order valence-electron chi connectivity index (χ1n) is 9.87. The monoisotopic (exact) mass is 468 g/mol. The Kier molecular flexibility index (Phi) is 7.05. The third-order valence-corrected chi connectivity index (χ3v) is 5.79. The minimum Gasteiger partial charge on any atom is -0.351 e. The molecule has 4 rings (SSSR count). The summed E-state index contributed by atoms with van der Waals surface area (Å²) in [5, 5.41) is 10.4. The number of halogens is 1. The van der Waals surface area contributed by atoms with E-state index in [1.807, 2.05) is 31.3 Å². The smallest absolute Gasteiger partial charge is 0.267 e. The van der Waals surface area contributed by atoms with Gasteiger partial charge in [0.2, 0.25) is 0 Å². The first kappa shape index (κ1) is 21.9. The van der Waals surface area contributed by atoms with Crippen LogP contribution < -0.4 is 16.0 Å². The van der Waals surface area contributed by atoms with Crippen LogP contribution in [-0.4, -0.2) is 37.4 Å². The van der Waals surface area contributed by atoms with Crippen molar-refractivity contribution in [3.8, 4) is 0 Å². The Morgan fingerprint density at radius 3 is 2.91 bits per heavy atom. The second-order valence-electron chi connectivity index (χ2n) is 6.92. The molecule has 0 aliphatic carbocycles. The number of nitrogens with one attached hydrogen (secondary N) is 4. The number of amides is 1. The zero-order valence-electron chi connectivity index (χ0n) is 17.2. The van der Waals surface area contributed by atoms with Gasteiger partial charge in [-0.1, -0.05) is 35.1 Å². The average molecular weight is 469 g/mol. The van der Waals surface area contributed by atoms with E-state index >= 15 is 0 Å². The van der Waals surface area contributed by atoms with E-state index in [2.05, 4.69) is 40.9 Å². The Hall–Kier alpha value is -3.34. The highest BCUT2D eigenvalue weighted by atomic mass is 35.5. The van der Waals surface area contributed by atoms with Crippen LogP contribution in [0.15, 0.2) is 49.3 Å². The Labute approximate surface area is 193 Å². The number of aromatic amines is 1. The minimum atomic E-state index is -0.267. The van der Waals surface area contributed by atoms with E-state index in [1.54, 1.807) is 12.4 Å². The predicted molar refractivity (Wildman–Crippen MR) is 126 cm³/mol. The predicted octanol–water partition coefficient (Wildman–Crippen LogP) is 3.95. The fraction of sp³-hybridized carbons (Fsp3) is 0.190. The Balaban J connectivity index is 1.33. The van der Waals surface area contributed by atoms with E-state index in [0.717, 1.165) is 29.9 Å². The molecule has 9 nitrogen and oxygen atoms in total. The largest absolute Gasteiger partial charge is 0.351 e. The molecule has 0 saturated carbocycles. The molecule has 1 amide bonds. The molecule has 0 atom stereocenters. The summed E-state index contributed by atoms with van der Waals surface area (Å²) in [6.07, 6.45) is 7.40. The zero-order valence-corrected chi connectivity index (χ0v) is 18.8. The van der Waals surface area contributed by atoms with Crippen molar-refractivity contribution in [3.63, 3.8) is 0 Å². The number of aryl methyl sites for hydroxylation is 1. The van der Waals surface area contributed by atoms with Crippen molar-refractivity contribution < 1.29 is 4.79 Å². The number of hydrogen-bond acceptors (Lipinski definition) is 8. The molecular formula is C21H21ClN8OS. The van der Waals surface area contributed by atoms with Crippen LogP contribution in [0.5, 0.6) is 0 Å². The third-order valence-electron chi connectivity index (χ3n) is 4.57. The summed E-state index contributed by atoms with van der Waals surface area (Å²) in [5.74, 6) is 0.337. The van der Waals surface area contributed by atoms with E-state index in [4.69, 9.17) is 11.6 Å². The number of carbonyl (C=O) groups excluding carboxylic acids is 1. The molecule has 4 N–H and O–H groups in total. The molecule has 1 aromatic carbocycles. The van der Waals surface area contributed by atoms with Gasteiger partial charge in [0.15, 0.2) is 5.13 Å². The van der Waals surface area contributed by atoms with Crippen LogP contribution in [0.4, 0.5) is 16.6 Å². The highest BCUT2D eigenvalue weighted by Gasteiger charge is 2.14. The van der Waals surface area contributed by atoms with Gasteiger partial charge in [-0.25, -0.2) is 19.9 Å². The van der Waals surface area contributed by atoms with E-state index in [1.165, 1.54) is 23.9 Å². The van der Waals surface area contributed by atoms with Gasteiger partial charge in [0.25, 0.3) is 5.91 Å². The lowest BCUT2D eigenvalue weighted by Gasteiger charge is -2.08. The molecule has 4 aromatic rings. The van der Waals surface area contributed by atoms with Crippen LogP contribution in [0.25, 0.3) is 0 Å². The molecule has 0 radical (unpaired) electrons. The molecular weight excluding hydrogens is 448 g/mol. The van der Waals surface area contributed by atoms with Crippen LogP contribution in [0.2, 0.25) is 5.02 Å². The van der Waals surface area contributed by atoms with Crippen molar-refractivity contribution in [2.24, 2.45) is 0 Å². The lowest BCUT2D eigenvalue weighted by Crippen LogP contribution is -2.17. The maximum atomic E-state index is 12.6. The maximum absolute atomic E-state index is 12.6. The number of aromatic nitrogens is 5. The van der Waals surface area contributed by atoms with E-state index in [9.17, 15) is 4.79 Å². The summed E-state index contributed by atoms with van der Waals surface area (Å²) in [5.41, 5.74) is 3.34. The number of hydrogen-bond donors (Lipinski definition) is 4. The van der Waals surface area contributed by atoms with E-state index < -0.39 is 0 Å². The number of benzene rings is 1. The van der Waals surface area contributed by atoms with Gasteiger partial charge >= 0.3 is 0 Å². The van der Waals surface area contributed by atoms with Crippen molar-refractivity contribution in [2.45, 2.75) is 19.9 Å². The minimum absolute atomic E-state index is 0.267. The van der Waals surface area contributed by atoms with E-state index in [-0.39, 0.29) is 5.91 Å². The van der Waals surface area contributed by atoms with Crippen molar-refractivity contribution in [1.29, 1.82) is 0 Å². The van der Waals surface area contributed by atoms with Crippen LogP contribution in [0, 0.1) is 6.92 Å². The summed E-state index contributed by atoms with van der Waals surface area (Å²) in [6.45, 7) is 3.28. The van der Waals surface area contributed by atoms with Crippen molar-refractivity contribution in [2.75, 3.05) is 17.2 Å². The van der Waals surface area contributed by atoms with Crippen LogP contribution >= 0.6 is 22.9 Å². The summed E-state index contributed by atoms with van der Waals surface area (Å²) >= 11 is 7.43. The number of anilines is 3. The molecule has 0 spiro atoms. The van der Waals surface area contributed by atoms with Crippen LogP contribution in [0.3, 0.4) is 0 Å². The third kappa shape index (κ3) is 5.67. The first-order valence-corrected chi connectivity index (χ1v) is 11.1. The Morgan fingerprint density at radius 1 is 1.19 bits per heavy atom. The normalized spacial score (nSPS) is 10.8. The maximum Gasteiger partial charge on any atom is 0.267 e. The molecule has 164 valence electrons. The number of H-pyrrole nitrogens is 1. The topological polar surface area (TPSA) is 121 Å². The SMILES string of the molecule is Cc1cccc(Cl)c1NC(=O)c1cnc(Nc2cc(CNCCc3c[nH]cn3)ncn2)s1. The van der Waals surface area contributed by atoms with Gasteiger partial charge in [-0.15, -0.1) is 0 Å². The lowest BCUT2D eigenvalue weighted by molar-refractivity contribution is 0.103. The van der Waals surface area contributed by atoms with Gasteiger partial charge in [0, 0.05) is 31.8 Å². The molecule has 0 saturated heterocycles. The second-order valence-corrected chi connectivity index (χ2v) is 8.36. The number of carbonyl (C=O) groups is 1. The van der Waals surface area contributed by atoms with Crippen molar-refractivity contribution >= 4 is 45.5 Å². The van der Waals surface area contributed by atoms with Gasteiger partial charge in [0.05, 0.1) is 34.6 Å². The van der Waals surface area contributed by atoms with Gasteiger partial charge in [-0.05, 0) is 18.6 Å². The first-order chi connectivity index (χ1) is 15.6. The van der Waals surface area contributed by atoms with Crippen molar-refractivity contribution in [3.05, 3.63) is 76.2 Å². The summed E-state index contributed by atoms with van der Waals surface area (Å²) in [6, 6.07) is 7.31. The van der Waals surface area contributed by atoms with Crippen LogP contribution in [0.1, 0.15) is 26.6 Å². The van der Waals surface area contributed by atoms with Gasteiger partial charge in [-0.3, -0.25) is 4.79 Å². The quantitative estimate of drug-likeness (QED) is 0.274. The zero-order chi connectivity index (χ0) is 22.3. The Morgan fingerprint density at radius 2 is 2.09 bits per heavy atom. The number of para-hydroxylation sites is 1. The van der Waals surface area contributed by atoms with Gasteiger partial charge < -0.3 is 20.9 Å². The second kappa shape index (κ2) is 10.3. The molecule has 0 aliphatic heterocycles. The molecule has 0 fully saturated rings. The fourth-order valence-electron chi connectivity index (χ4n) is 2.93. The fourth-order valence-corrected chi connectivity index (χ4v) is 3.92. The van der Waals surface area contributed by atoms with Crippen molar-refractivity contribution in [1.82, 2.24) is 30.2 Å². The van der Waals surface area contributed by atoms with Gasteiger partial charge in [-0.2, -0.15) is 0 Å². The summed E-state index contributed by atoms with van der Waals surface area (Å²) in [7, 11) is 0. The highest BCUT2D eigenvalue weighted by molar-refractivity contribution is 7.17. The standard InChI is InChI=1S/C21H21ClN8OS/c1-13-3-2-4-16(22)19(13)30-20(31)17-10-25-21(32-17)29-18-7-15(27-12-28-18)9-23-6-5-14-8-24-11-26-14/h2-4,7-8,10-12,23H,5-6,9H2,1H3,(H,24,26)(H,30,31)(H,25,27,28,29). The molecule has 0 aliphatic rings. The number of nitrogens with zero attached hydrogens (tertiary/aromatic N) is 4. The number of rotatable bonds is 9. The number of thiazole rings is 1. The molecule has 0 bridgehead atoms. The molecule has 3 aromatic heterocycles. The number of imidazole rings is 1. The average Bonchev–Trinajstić information content (AvgIpc) is 3.46.